The van der Waals surface area contributed by atoms with Crippen molar-refractivity contribution in [3.63, 3.8) is 0 Å². The maximum Gasteiger partial charge on any atom is 0.343 e. The number of nitrogens with zero attached hydrogens (tertiary/aromatic N) is 2. The van der Waals surface area contributed by atoms with E-state index in [1.54, 1.807) is 66.7 Å². The van der Waals surface area contributed by atoms with Crippen molar-refractivity contribution in [3.05, 3.63) is 211 Å². The van der Waals surface area contributed by atoms with Gasteiger partial charge in [0, 0.05) is 36.0 Å². The molecular formula is C59H44N2O14. The van der Waals surface area contributed by atoms with Gasteiger partial charge < -0.3 is 37.9 Å². The zero-order valence-corrected chi connectivity index (χ0v) is 40.1. The molecular weight excluding hydrogens is 961 g/mol. The lowest BCUT2D eigenvalue weighted by Gasteiger charge is -2.14. The number of benzene rings is 7. The maximum atomic E-state index is 13.5. The standard InChI is InChI=1S/C59H44N2O14/c1-4-31-68-32-33-69-47-29-30-50-51(36-47)61-55(42-10-8-12-49(35-42)75-59(67)40-19-15-38(16-20-40)57(65)73-46-27-23-44(24-28-46)71-53(63)6-3)54(60-50)41-9-7-11-48(34-41)74-58(66)39-17-13-37(14-18-39)56(64)72-45-25-21-43(22-26-45)70-52(62)5-2/h5-30,34-36H,2-4,31-33H2,1H3. The van der Waals surface area contributed by atoms with E-state index in [2.05, 4.69) is 13.2 Å². The number of hydrogen-bond donors (Lipinski definition) is 0. The van der Waals surface area contributed by atoms with Crippen molar-refractivity contribution in [2.45, 2.75) is 13.3 Å². The van der Waals surface area contributed by atoms with Gasteiger partial charge in [-0.1, -0.05) is 44.3 Å². The first-order chi connectivity index (χ1) is 36.4. The minimum Gasteiger partial charge on any atom is -0.491 e. The van der Waals surface area contributed by atoms with E-state index >= 15 is 0 Å². The number of ether oxygens (including phenoxy) is 8. The molecule has 0 atom stereocenters. The molecule has 16 heteroatoms. The Morgan fingerprint density at radius 3 is 1.17 bits per heavy atom. The molecule has 0 spiro atoms. The predicted octanol–water partition coefficient (Wildman–Crippen LogP) is 10.8. The van der Waals surface area contributed by atoms with Crippen LogP contribution in [0.15, 0.2) is 189 Å². The molecule has 0 unspecified atom stereocenters. The van der Waals surface area contributed by atoms with E-state index in [0.717, 1.165) is 18.6 Å². The number of aromatic nitrogens is 2. The van der Waals surface area contributed by atoms with Crippen LogP contribution in [-0.2, 0) is 14.3 Å². The maximum absolute atomic E-state index is 13.5. The van der Waals surface area contributed by atoms with Gasteiger partial charge in [-0.25, -0.2) is 38.7 Å². The molecule has 8 rings (SSSR count). The lowest BCUT2D eigenvalue weighted by molar-refractivity contribution is -0.129. The summed E-state index contributed by atoms with van der Waals surface area (Å²) in [6.45, 7) is 10.1. The molecule has 0 aliphatic rings. The molecule has 0 saturated carbocycles. The average molecular weight is 1010 g/mol. The van der Waals surface area contributed by atoms with Gasteiger partial charge in [0.15, 0.2) is 0 Å². The van der Waals surface area contributed by atoms with Crippen molar-refractivity contribution in [1.29, 1.82) is 0 Å². The van der Waals surface area contributed by atoms with Crippen LogP contribution in [0, 0.1) is 0 Å². The van der Waals surface area contributed by atoms with E-state index in [4.69, 9.17) is 47.9 Å². The number of hydrogen-bond acceptors (Lipinski definition) is 16. The minimum atomic E-state index is -0.701. The molecule has 7 aromatic carbocycles. The summed E-state index contributed by atoms with van der Waals surface area (Å²) < 4.78 is 44.1. The van der Waals surface area contributed by atoms with Crippen molar-refractivity contribution in [3.8, 4) is 62.8 Å². The second-order valence-electron chi connectivity index (χ2n) is 16.0. The van der Waals surface area contributed by atoms with Gasteiger partial charge in [0.25, 0.3) is 0 Å². The van der Waals surface area contributed by atoms with Gasteiger partial charge in [-0.05, 0) is 140 Å². The van der Waals surface area contributed by atoms with Gasteiger partial charge in [-0.2, -0.15) is 0 Å². The van der Waals surface area contributed by atoms with E-state index in [9.17, 15) is 28.8 Å². The summed E-state index contributed by atoms with van der Waals surface area (Å²) in [5.74, 6) is -2.18. The summed E-state index contributed by atoms with van der Waals surface area (Å²) in [7, 11) is 0. The number of carbonyl (C=O) groups excluding carboxylic acids is 6. The van der Waals surface area contributed by atoms with Gasteiger partial charge in [0.05, 0.1) is 51.3 Å². The quantitative estimate of drug-likeness (QED) is 0.0302. The largest absolute Gasteiger partial charge is 0.491 e. The number of rotatable bonds is 20. The van der Waals surface area contributed by atoms with Crippen LogP contribution >= 0.6 is 0 Å². The van der Waals surface area contributed by atoms with E-state index in [1.165, 1.54) is 97.1 Å². The Hall–Kier alpha value is -10.1. The number of fused-ring (bicyclic) bond motifs is 1. The second-order valence-corrected chi connectivity index (χ2v) is 16.0. The zero-order valence-electron chi connectivity index (χ0n) is 40.1. The third kappa shape index (κ3) is 13.7. The van der Waals surface area contributed by atoms with Gasteiger partial charge in [-0.15, -0.1) is 0 Å². The van der Waals surface area contributed by atoms with Crippen LogP contribution in [0.2, 0.25) is 0 Å². The normalized spacial score (nSPS) is 10.6. The third-order valence-electron chi connectivity index (χ3n) is 10.7. The Kier molecular flexibility index (Phi) is 16.7. The highest BCUT2D eigenvalue weighted by Gasteiger charge is 2.19. The smallest absolute Gasteiger partial charge is 0.343 e. The summed E-state index contributed by atoms with van der Waals surface area (Å²) in [6, 6.07) is 42.0. The molecule has 0 aliphatic carbocycles. The fourth-order valence-corrected chi connectivity index (χ4v) is 7.02. The summed E-state index contributed by atoms with van der Waals surface area (Å²) in [4.78, 5) is 85.8. The van der Waals surface area contributed by atoms with Crippen LogP contribution in [0.25, 0.3) is 33.5 Å². The predicted molar refractivity (Wildman–Crippen MR) is 274 cm³/mol. The number of esters is 6. The first-order valence-electron chi connectivity index (χ1n) is 23.2. The second kappa shape index (κ2) is 24.4. The van der Waals surface area contributed by atoms with Gasteiger partial charge in [-0.3, -0.25) is 0 Å². The molecule has 0 bridgehead atoms. The Balaban J connectivity index is 0.990. The zero-order chi connectivity index (χ0) is 52.7. The van der Waals surface area contributed by atoms with Crippen LogP contribution < -0.4 is 33.2 Å². The molecule has 8 aromatic rings. The SMILES string of the molecule is C=CC(=O)Oc1ccc(OC(=O)c2ccc(C(=O)Oc3cccc(-c4nc5ccc(OCCOCCC)cc5nc4-c4cccc(OC(=O)c5ccc(C(=O)Oc6ccc(OC(=O)C=C)cc6)cc5)c4)c3)cc2)cc1. The van der Waals surface area contributed by atoms with E-state index in [1.807, 2.05) is 6.92 Å². The molecule has 0 saturated heterocycles. The molecule has 1 aromatic heterocycles. The summed E-state index contributed by atoms with van der Waals surface area (Å²) in [5.41, 5.74) is 3.57. The fourth-order valence-electron chi connectivity index (χ4n) is 7.02. The molecule has 16 nitrogen and oxygen atoms in total. The van der Waals surface area contributed by atoms with Crippen molar-refractivity contribution in [2.24, 2.45) is 0 Å². The Morgan fingerprint density at radius 2 is 0.773 bits per heavy atom. The monoisotopic (exact) mass is 1000 g/mol. The minimum absolute atomic E-state index is 0.156. The Bertz CT molecular complexity index is 3430. The lowest BCUT2D eigenvalue weighted by atomic mass is 10.0. The molecule has 0 aliphatic heterocycles. The lowest BCUT2D eigenvalue weighted by Crippen LogP contribution is -2.11. The fraction of sp³-hybridized carbons (Fsp3) is 0.0847. The molecule has 374 valence electrons. The van der Waals surface area contributed by atoms with Gasteiger partial charge in [0.1, 0.15) is 46.9 Å². The van der Waals surface area contributed by atoms with Gasteiger partial charge >= 0.3 is 35.8 Å². The number of carbonyl (C=O) groups is 6. The summed E-state index contributed by atoms with van der Waals surface area (Å²) in [6.07, 6.45) is 2.95. The van der Waals surface area contributed by atoms with Crippen molar-refractivity contribution < 1.29 is 66.7 Å². The van der Waals surface area contributed by atoms with Crippen molar-refractivity contribution in [2.75, 3.05) is 19.8 Å². The van der Waals surface area contributed by atoms with E-state index in [-0.39, 0.29) is 56.8 Å². The van der Waals surface area contributed by atoms with Crippen molar-refractivity contribution >= 4 is 46.8 Å². The highest BCUT2D eigenvalue weighted by molar-refractivity contribution is 5.97. The topological polar surface area (TPSA) is 202 Å². The van der Waals surface area contributed by atoms with Crippen LogP contribution in [0.1, 0.15) is 54.8 Å². The van der Waals surface area contributed by atoms with Crippen LogP contribution in [0.5, 0.6) is 40.2 Å². The van der Waals surface area contributed by atoms with Crippen LogP contribution in [0.3, 0.4) is 0 Å². The third-order valence-corrected chi connectivity index (χ3v) is 10.7. The first-order valence-corrected chi connectivity index (χ1v) is 23.2. The molecule has 0 amide bonds. The molecule has 75 heavy (non-hydrogen) atoms. The Morgan fingerprint density at radius 1 is 0.400 bits per heavy atom. The highest BCUT2D eigenvalue weighted by atomic mass is 16.6. The van der Waals surface area contributed by atoms with Crippen LogP contribution in [0.4, 0.5) is 0 Å². The molecule has 0 radical (unpaired) electrons. The van der Waals surface area contributed by atoms with Crippen LogP contribution in [-0.4, -0.2) is 65.6 Å². The Labute approximate surface area is 429 Å². The van der Waals surface area contributed by atoms with Crippen molar-refractivity contribution in [1.82, 2.24) is 9.97 Å². The van der Waals surface area contributed by atoms with Gasteiger partial charge in [0.2, 0.25) is 0 Å². The first kappa shape index (κ1) is 51.3. The molecule has 0 fully saturated rings. The summed E-state index contributed by atoms with van der Waals surface area (Å²) >= 11 is 0. The highest BCUT2D eigenvalue weighted by Crippen LogP contribution is 2.35. The molecule has 1 heterocycles. The summed E-state index contributed by atoms with van der Waals surface area (Å²) in [5, 5.41) is 0. The van der Waals surface area contributed by atoms with E-state index in [0.29, 0.717) is 59.1 Å². The van der Waals surface area contributed by atoms with E-state index < -0.39 is 35.8 Å². The average Bonchev–Trinajstić information content (AvgIpc) is 3.43. The molecule has 0 N–H and O–H groups in total.